The van der Waals surface area contributed by atoms with Crippen LogP contribution in [-0.4, -0.2) is 17.1 Å². The molecule has 0 bridgehead atoms. The number of hydrogen-bond donors (Lipinski definition) is 1. The van der Waals surface area contributed by atoms with Gasteiger partial charge in [0.25, 0.3) is 0 Å². The van der Waals surface area contributed by atoms with Crippen molar-refractivity contribution in [2.75, 3.05) is 0 Å². The third-order valence-electron chi connectivity index (χ3n) is 1.58. The van der Waals surface area contributed by atoms with Gasteiger partial charge in [0.1, 0.15) is 11.4 Å². The van der Waals surface area contributed by atoms with E-state index in [-0.39, 0.29) is 5.75 Å². The minimum Gasteiger partial charge on any atom is -0.406 e. The molecule has 0 heterocycles. The lowest BCUT2D eigenvalue weighted by Crippen LogP contribution is -2.17. The Balaban J connectivity index is 2.90. The third kappa shape index (κ3) is 5.83. The minimum absolute atomic E-state index is 0.333. The van der Waals surface area contributed by atoms with Gasteiger partial charge < -0.3 is 9.84 Å². The van der Waals surface area contributed by atoms with Crippen molar-refractivity contribution in [3.8, 4) is 17.6 Å². The maximum Gasteiger partial charge on any atom is 0.573 e. The highest BCUT2D eigenvalue weighted by Gasteiger charge is 2.31. The second-order valence-corrected chi connectivity index (χ2v) is 3.88. The Labute approximate surface area is 97.0 Å². The van der Waals surface area contributed by atoms with Gasteiger partial charge in [-0.05, 0) is 32.0 Å². The van der Waals surface area contributed by atoms with Crippen molar-refractivity contribution in [2.45, 2.75) is 25.8 Å². The number of ether oxygens (including phenoxy) is 1. The van der Waals surface area contributed by atoms with Crippen molar-refractivity contribution in [2.24, 2.45) is 0 Å². The molecule has 0 spiro atoms. The number of halogens is 3. The van der Waals surface area contributed by atoms with Crippen molar-refractivity contribution in [3.63, 3.8) is 0 Å². The first-order valence-electron chi connectivity index (χ1n) is 4.77. The normalized spacial score (nSPS) is 11.6. The lowest BCUT2D eigenvalue weighted by atomic mass is 10.1. The van der Waals surface area contributed by atoms with Gasteiger partial charge in [-0.2, -0.15) is 0 Å². The Morgan fingerprint density at radius 2 is 1.88 bits per heavy atom. The molecule has 0 saturated heterocycles. The summed E-state index contributed by atoms with van der Waals surface area (Å²) in [5, 5.41) is 9.35. The molecule has 0 aromatic heterocycles. The number of aliphatic hydroxyl groups is 1. The highest BCUT2D eigenvalue weighted by atomic mass is 19.4. The predicted molar refractivity (Wildman–Crippen MR) is 56.3 cm³/mol. The molecule has 5 heteroatoms. The van der Waals surface area contributed by atoms with Crippen LogP contribution in [0.1, 0.15) is 19.4 Å². The predicted octanol–water partition coefficient (Wildman–Crippen LogP) is 2.71. The van der Waals surface area contributed by atoms with E-state index in [2.05, 4.69) is 16.6 Å². The molecule has 0 atom stereocenters. The zero-order valence-electron chi connectivity index (χ0n) is 9.30. The van der Waals surface area contributed by atoms with E-state index in [9.17, 15) is 18.3 Å². The summed E-state index contributed by atoms with van der Waals surface area (Å²) >= 11 is 0. The first-order chi connectivity index (χ1) is 7.66. The van der Waals surface area contributed by atoms with Crippen LogP contribution in [0.25, 0.3) is 0 Å². The second-order valence-electron chi connectivity index (χ2n) is 3.88. The van der Waals surface area contributed by atoms with Gasteiger partial charge in [-0.15, -0.1) is 13.2 Å². The van der Waals surface area contributed by atoms with Crippen LogP contribution in [-0.2, 0) is 0 Å². The molecule has 0 radical (unpaired) electrons. The van der Waals surface area contributed by atoms with Crippen molar-refractivity contribution in [1.82, 2.24) is 0 Å². The van der Waals surface area contributed by atoms with Gasteiger partial charge in [-0.3, -0.25) is 0 Å². The van der Waals surface area contributed by atoms with Gasteiger partial charge in [0.05, 0.1) is 0 Å². The van der Waals surface area contributed by atoms with Crippen LogP contribution in [0.2, 0.25) is 0 Å². The Kier molecular flexibility index (Phi) is 3.69. The largest absolute Gasteiger partial charge is 0.573 e. The Bertz CT molecular complexity index is 447. The Morgan fingerprint density at radius 1 is 1.24 bits per heavy atom. The molecule has 0 fully saturated rings. The summed E-state index contributed by atoms with van der Waals surface area (Å²) in [5.74, 6) is 4.73. The molecule has 1 aromatic carbocycles. The van der Waals surface area contributed by atoms with Crippen LogP contribution < -0.4 is 4.74 Å². The minimum atomic E-state index is -4.72. The first-order valence-corrected chi connectivity index (χ1v) is 4.77. The second kappa shape index (κ2) is 4.68. The topological polar surface area (TPSA) is 29.5 Å². The summed E-state index contributed by atoms with van der Waals surface area (Å²) in [6.07, 6.45) is -4.72. The van der Waals surface area contributed by atoms with Gasteiger partial charge >= 0.3 is 6.36 Å². The highest BCUT2D eigenvalue weighted by Crippen LogP contribution is 2.23. The Hall–Kier alpha value is -1.67. The van der Waals surface area contributed by atoms with Crippen LogP contribution in [0, 0.1) is 11.8 Å². The van der Waals surface area contributed by atoms with E-state index in [0.717, 1.165) is 6.07 Å². The van der Waals surface area contributed by atoms with E-state index in [4.69, 9.17) is 0 Å². The number of alkyl halides is 3. The highest BCUT2D eigenvalue weighted by molar-refractivity contribution is 5.40. The lowest BCUT2D eigenvalue weighted by Gasteiger charge is -2.09. The van der Waals surface area contributed by atoms with Gasteiger partial charge in [-0.1, -0.05) is 17.9 Å². The van der Waals surface area contributed by atoms with Gasteiger partial charge in [0.2, 0.25) is 0 Å². The van der Waals surface area contributed by atoms with E-state index in [1.165, 1.54) is 32.0 Å². The van der Waals surface area contributed by atoms with E-state index in [0.29, 0.717) is 5.56 Å². The average molecular weight is 244 g/mol. The number of benzene rings is 1. The molecule has 0 unspecified atom stereocenters. The molecule has 1 N–H and O–H groups in total. The summed E-state index contributed by atoms with van der Waals surface area (Å²) in [5.41, 5.74) is -0.852. The quantitative estimate of drug-likeness (QED) is 0.770. The molecule has 1 rings (SSSR count). The monoisotopic (exact) mass is 244 g/mol. The molecule has 0 aliphatic rings. The lowest BCUT2D eigenvalue weighted by molar-refractivity contribution is -0.274. The number of hydrogen-bond acceptors (Lipinski definition) is 2. The SMILES string of the molecule is CC(C)(O)C#Cc1cccc(OC(F)(F)F)c1. The van der Waals surface area contributed by atoms with Gasteiger partial charge in [0, 0.05) is 5.56 Å². The van der Waals surface area contributed by atoms with Crippen molar-refractivity contribution < 1.29 is 23.0 Å². The summed E-state index contributed by atoms with van der Waals surface area (Å²) in [4.78, 5) is 0. The van der Waals surface area contributed by atoms with Crippen molar-refractivity contribution in [3.05, 3.63) is 29.8 Å². The summed E-state index contributed by atoms with van der Waals surface area (Å²) in [6.45, 7) is 2.96. The molecule has 1 aromatic rings. The fraction of sp³-hybridized carbons (Fsp3) is 0.333. The zero-order chi connectivity index (χ0) is 13.1. The van der Waals surface area contributed by atoms with Crippen molar-refractivity contribution >= 4 is 0 Å². The molecular formula is C12H11F3O2. The van der Waals surface area contributed by atoms with E-state index >= 15 is 0 Å². The summed E-state index contributed by atoms with van der Waals surface area (Å²) < 4.78 is 39.6. The fourth-order valence-corrected chi connectivity index (χ4v) is 0.996. The molecule has 0 aliphatic carbocycles. The molecule has 0 saturated carbocycles. The zero-order valence-corrected chi connectivity index (χ0v) is 9.30. The molecule has 92 valence electrons. The molecule has 0 aliphatic heterocycles. The van der Waals surface area contributed by atoms with E-state index in [1.807, 2.05) is 0 Å². The fourth-order valence-electron chi connectivity index (χ4n) is 0.996. The van der Waals surface area contributed by atoms with Crippen molar-refractivity contribution in [1.29, 1.82) is 0 Å². The molecule has 2 nitrogen and oxygen atoms in total. The van der Waals surface area contributed by atoms with Crippen LogP contribution >= 0.6 is 0 Å². The van der Waals surface area contributed by atoms with Crippen LogP contribution in [0.4, 0.5) is 13.2 Å². The van der Waals surface area contributed by atoms with Gasteiger partial charge in [0.15, 0.2) is 0 Å². The molecule has 17 heavy (non-hydrogen) atoms. The van der Waals surface area contributed by atoms with E-state index in [1.54, 1.807) is 0 Å². The smallest absolute Gasteiger partial charge is 0.406 e. The third-order valence-corrected chi connectivity index (χ3v) is 1.58. The van der Waals surface area contributed by atoms with Crippen LogP contribution in [0.3, 0.4) is 0 Å². The van der Waals surface area contributed by atoms with Crippen LogP contribution in [0.15, 0.2) is 24.3 Å². The van der Waals surface area contributed by atoms with E-state index < -0.39 is 12.0 Å². The average Bonchev–Trinajstić information content (AvgIpc) is 2.11. The maximum atomic E-state index is 11.9. The van der Waals surface area contributed by atoms with Crippen LogP contribution in [0.5, 0.6) is 5.75 Å². The molecule has 0 amide bonds. The molecular weight excluding hydrogens is 233 g/mol. The summed E-state index contributed by atoms with van der Waals surface area (Å²) in [7, 11) is 0. The number of rotatable bonds is 1. The summed E-state index contributed by atoms with van der Waals surface area (Å²) in [6, 6.07) is 5.27. The first kappa shape index (κ1) is 13.4. The Morgan fingerprint density at radius 3 is 2.41 bits per heavy atom. The van der Waals surface area contributed by atoms with Gasteiger partial charge in [-0.25, -0.2) is 0 Å². The standard InChI is InChI=1S/C12H11F3O2/c1-11(2,16)7-6-9-4-3-5-10(8-9)17-12(13,14)15/h3-5,8,16H,1-2H3. The maximum absolute atomic E-state index is 11.9.